The topological polar surface area (TPSA) is 85.8 Å². The molecule has 2 saturated heterocycles. The van der Waals surface area contributed by atoms with E-state index in [1.165, 1.54) is 0 Å². The number of aromatic nitrogens is 3. The number of ether oxygens (including phenoxy) is 1. The van der Waals surface area contributed by atoms with Crippen molar-refractivity contribution in [3.63, 3.8) is 0 Å². The highest BCUT2D eigenvalue weighted by atomic mass is 79.9. The number of hydrogen-bond donors (Lipinski definition) is 1. The summed E-state index contributed by atoms with van der Waals surface area (Å²) < 4.78 is 8.01. The Morgan fingerprint density at radius 1 is 1.41 bits per heavy atom. The van der Waals surface area contributed by atoms with E-state index in [4.69, 9.17) is 10.5 Å². The van der Waals surface area contributed by atoms with Crippen molar-refractivity contribution in [2.75, 3.05) is 25.5 Å². The van der Waals surface area contributed by atoms with Crippen molar-refractivity contribution in [3.05, 3.63) is 22.8 Å². The van der Waals surface area contributed by atoms with Gasteiger partial charge in [-0.1, -0.05) is 0 Å². The standard InChI is InChI=1S/C14H16BrN5O2/c15-12-11-13(16)17-3-4-19(11)14(18-12)8-1-2-9-6-22-7-10(21)20(9)5-8/h3-4,8-9H,1-2,5-7H2,(H2,16,17). The Kier molecular flexibility index (Phi) is 3.30. The second-order valence-corrected chi connectivity index (χ2v) is 6.53. The maximum absolute atomic E-state index is 12.1. The van der Waals surface area contributed by atoms with Crippen molar-refractivity contribution >= 4 is 33.2 Å². The van der Waals surface area contributed by atoms with E-state index < -0.39 is 0 Å². The van der Waals surface area contributed by atoms with Crippen LogP contribution in [-0.2, 0) is 9.53 Å². The highest BCUT2D eigenvalue weighted by Gasteiger charge is 2.36. The van der Waals surface area contributed by atoms with Gasteiger partial charge in [0.05, 0.1) is 12.6 Å². The molecule has 1 amide bonds. The number of fused-ring (bicyclic) bond motifs is 2. The zero-order valence-corrected chi connectivity index (χ0v) is 13.5. The van der Waals surface area contributed by atoms with Crippen molar-refractivity contribution in [3.8, 4) is 0 Å². The molecular formula is C14H16BrN5O2. The first-order valence-corrected chi connectivity index (χ1v) is 8.09. The number of rotatable bonds is 1. The molecular weight excluding hydrogens is 350 g/mol. The second-order valence-electron chi connectivity index (χ2n) is 5.78. The summed E-state index contributed by atoms with van der Waals surface area (Å²) in [6.07, 6.45) is 5.45. The second kappa shape index (κ2) is 5.20. The average Bonchev–Trinajstić information content (AvgIpc) is 2.86. The highest BCUT2D eigenvalue weighted by molar-refractivity contribution is 9.10. The van der Waals surface area contributed by atoms with Crippen LogP contribution in [0.5, 0.6) is 0 Å². The van der Waals surface area contributed by atoms with Gasteiger partial charge < -0.3 is 15.4 Å². The van der Waals surface area contributed by atoms with Gasteiger partial charge in [-0.3, -0.25) is 9.20 Å². The molecule has 0 radical (unpaired) electrons. The van der Waals surface area contributed by atoms with Crippen LogP contribution in [0, 0.1) is 0 Å². The maximum atomic E-state index is 12.1. The summed E-state index contributed by atoms with van der Waals surface area (Å²) in [7, 11) is 0. The molecule has 0 aliphatic carbocycles. The van der Waals surface area contributed by atoms with E-state index in [1.807, 2.05) is 15.5 Å². The number of morpholine rings is 1. The zero-order valence-electron chi connectivity index (χ0n) is 11.9. The Balaban J connectivity index is 1.71. The van der Waals surface area contributed by atoms with E-state index in [9.17, 15) is 4.79 Å². The third-order valence-corrected chi connectivity index (χ3v) is 5.05. The molecule has 2 atom stereocenters. The summed E-state index contributed by atoms with van der Waals surface area (Å²) in [5.41, 5.74) is 6.73. The summed E-state index contributed by atoms with van der Waals surface area (Å²) in [6.45, 7) is 1.51. The number of nitrogens with zero attached hydrogens (tertiary/aromatic N) is 4. The molecule has 4 heterocycles. The first kappa shape index (κ1) is 14.0. The van der Waals surface area contributed by atoms with E-state index in [0.29, 0.717) is 23.6 Å². The first-order valence-electron chi connectivity index (χ1n) is 7.30. The zero-order chi connectivity index (χ0) is 15.3. The van der Waals surface area contributed by atoms with Crippen molar-refractivity contribution in [1.82, 2.24) is 19.3 Å². The predicted octanol–water partition coefficient (Wildman–Crippen LogP) is 1.18. The van der Waals surface area contributed by atoms with E-state index in [1.54, 1.807) is 6.20 Å². The van der Waals surface area contributed by atoms with Gasteiger partial charge in [-0.05, 0) is 28.8 Å². The molecule has 0 aromatic carbocycles. The molecule has 4 rings (SSSR count). The average molecular weight is 366 g/mol. The van der Waals surface area contributed by atoms with Crippen LogP contribution >= 0.6 is 15.9 Å². The van der Waals surface area contributed by atoms with E-state index >= 15 is 0 Å². The number of nitrogen functional groups attached to an aromatic ring is 1. The maximum Gasteiger partial charge on any atom is 0.248 e. The number of hydrogen-bond acceptors (Lipinski definition) is 5. The van der Waals surface area contributed by atoms with E-state index in [0.717, 1.165) is 24.2 Å². The lowest BCUT2D eigenvalue weighted by molar-refractivity contribution is -0.150. The Labute approximate surface area is 135 Å². The molecule has 0 bridgehead atoms. The Hall–Kier alpha value is -1.67. The number of carbonyl (C=O) groups excluding carboxylic acids is 1. The molecule has 2 aliphatic rings. The molecule has 0 spiro atoms. The fourth-order valence-electron chi connectivity index (χ4n) is 3.41. The van der Waals surface area contributed by atoms with Crippen molar-refractivity contribution in [2.24, 2.45) is 0 Å². The molecule has 2 unspecified atom stereocenters. The van der Waals surface area contributed by atoms with Gasteiger partial charge >= 0.3 is 0 Å². The molecule has 22 heavy (non-hydrogen) atoms. The Morgan fingerprint density at radius 3 is 3.14 bits per heavy atom. The minimum absolute atomic E-state index is 0.0713. The molecule has 2 aromatic heterocycles. The number of amides is 1. The third kappa shape index (κ3) is 2.09. The lowest BCUT2D eigenvalue weighted by atomic mass is 9.91. The van der Waals surface area contributed by atoms with Gasteiger partial charge in [0, 0.05) is 24.9 Å². The lowest BCUT2D eigenvalue weighted by Crippen LogP contribution is -2.53. The molecule has 2 aromatic rings. The van der Waals surface area contributed by atoms with Crippen LogP contribution in [0.4, 0.5) is 5.82 Å². The van der Waals surface area contributed by atoms with Crippen LogP contribution in [-0.4, -0.2) is 51.0 Å². The molecule has 0 saturated carbocycles. The SMILES string of the molecule is Nc1nccn2c(C3CCC4COCC(=O)N4C3)nc(Br)c12. The third-order valence-electron chi connectivity index (χ3n) is 4.50. The van der Waals surface area contributed by atoms with Gasteiger partial charge in [0.25, 0.3) is 0 Å². The lowest BCUT2D eigenvalue weighted by Gasteiger charge is -2.41. The van der Waals surface area contributed by atoms with Gasteiger partial charge in [0.2, 0.25) is 5.91 Å². The number of imidazole rings is 1. The fourth-order valence-corrected chi connectivity index (χ4v) is 3.99. The Morgan fingerprint density at radius 2 is 2.27 bits per heavy atom. The summed E-state index contributed by atoms with van der Waals surface area (Å²) in [6, 6.07) is 0.207. The minimum Gasteiger partial charge on any atom is -0.382 e. The van der Waals surface area contributed by atoms with Gasteiger partial charge in [-0.25, -0.2) is 9.97 Å². The summed E-state index contributed by atoms with van der Waals surface area (Å²) in [4.78, 5) is 22.7. The number of carbonyl (C=O) groups is 1. The summed E-state index contributed by atoms with van der Waals surface area (Å²) in [5.74, 6) is 1.64. The van der Waals surface area contributed by atoms with Crippen LogP contribution in [0.15, 0.2) is 17.0 Å². The number of halogens is 1. The van der Waals surface area contributed by atoms with Gasteiger partial charge in [-0.2, -0.15) is 0 Å². The monoisotopic (exact) mass is 365 g/mol. The smallest absolute Gasteiger partial charge is 0.248 e. The van der Waals surface area contributed by atoms with Crippen molar-refractivity contribution in [1.29, 1.82) is 0 Å². The Bertz CT molecular complexity index is 746. The molecule has 2 N–H and O–H groups in total. The largest absolute Gasteiger partial charge is 0.382 e. The number of piperidine rings is 1. The molecule has 7 nitrogen and oxygen atoms in total. The van der Waals surface area contributed by atoms with E-state index in [-0.39, 0.29) is 24.5 Å². The molecule has 2 fully saturated rings. The molecule has 8 heteroatoms. The minimum atomic E-state index is 0.0713. The quantitative estimate of drug-likeness (QED) is 0.819. The predicted molar refractivity (Wildman–Crippen MR) is 83.4 cm³/mol. The van der Waals surface area contributed by atoms with Crippen LogP contribution in [0.2, 0.25) is 0 Å². The number of nitrogens with two attached hydrogens (primary N) is 1. The van der Waals surface area contributed by atoms with Crippen LogP contribution in [0.3, 0.4) is 0 Å². The number of anilines is 1. The molecule has 116 valence electrons. The normalized spacial score (nSPS) is 25.5. The highest BCUT2D eigenvalue weighted by Crippen LogP contribution is 2.34. The van der Waals surface area contributed by atoms with Gasteiger partial charge in [0.1, 0.15) is 22.6 Å². The van der Waals surface area contributed by atoms with Gasteiger partial charge in [0.15, 0.2) is 5.82 Å². The van der Waals surface area contributed by atoms with Crippen molar-refractivity contribution < 1.29 is 9.53 Å². The van der Waals surface area contributed by atoms with Crippen molar-refractivity contribution in [2.45, 2.75) is 24.8 Å². The van der Waals surface area contributed by atoms with Crippen LogP contribution in [0.1, 0.15) is 24.6 Å². The van der Waals surface area contributed by atoms with E-state index in [2.05, 4.69) is 25.9 Å². The summed E-state index contributed by atoms with van der Waals surface area (Å²) >= 11 is 3.46. The first-order chi connectivity index (χ1) is 10.6. The fraction of sp³-hybridized carbons (Fsp3) is 0.500. The van der Waals surface area contributed by atoms with Gasteiger partial charge in [-0.15, -0.1) is 0 Å². The summed E-state index contributed by atoms with van der Waals surface area (Å²) in [5, 5.41) is 0. The van der Waals surface area contributed by atoms with Crippen LogP contribution in [0.25, 0.3) is 5.52 Å². The van der Waals surface area contributed by atoms with Crippen LogP contribution < -0.4 is 5.73 Å². The molecule has 2 aliphatic heterocycles.